The maximum Gasteiger partial charge on any atom is 0.183 e. The van der Waals surface area contributed by atoms with Gasteiger partial charge in [-0.1, -0.05) is 49.6 Å². The van der Waals surface area contributed by atoms with Gasteiger partial charge in [-0.15, -0.1) is 0 Å². The summed E-state index contributed by atoms with van der Waals surface area (Å²) in [5.74, 6) is -0.538. The number of hydrogen-bond acceptors (Lipinski definition) is 5. The molecule has 0 aliphatic carbocycles. The fourth-order valence-corrected chi connectivity index (χ4v) is 5.04. The standard InChI is InChI=1S/C22H31NO4S/c1-5-6-7-10-18-15-19(24)20(17-11-8-9-16(2)14-17)21(25)22(18)28(26,27)13-12-23(3)4/h8-9,11,14-15,24-25H,5-7,10,12-13H2,1-4H3. The third kappa shape index (κ3) is 5.26. The number of hydrogen-bond donors (Lipinski definition) is 2. The lowest BCUT2D eigenvalue weighted by Crippen LogP contribution is -2.22. The molecule has 0 bridgehead atoms. The van der Waals surface area contributed by atoms with Crippen LogP contribution in [0.15, 0.2) is 35.2 Å². The van der Waals surface area contributed by atoms with Gasteiger partial charge in [-0.3, -0.25) is 0 Å². The van der Waals surface area contributed by atoms with Gasteiger partial charge in [0.1, 0.15) is 16.4 Å². The lowest BCUT2D eigenvalue weighted by molar-refractivity contribution is 0.428. The minimum Gasteiger partial charge on any atom is -0.507 e. The van der Waals surface area contributed by atoms with Crippen molar-refractivity contribution in [1.82, 2.24) is 4.90 Å². The molecular weight excluding hydrogens is 374 g/mol. The van der Waals surface area contributed by atoms with Crippen LogP contribution in [0.3, 0.4) is 0 Å². The molecule has 0 spiro atoms. The predicted molar refractivity (Wildman–Crippen MR) is 114 cm³/mol. The molecule has 2 N–H and O–H groups in total. The van der Waals surface area contributed by atoms with Crippen molar-refractivity contribution in [3.63, 3.8) is 0 Å². The van der Waals surface area contributed by atoms with Crippen molar-refractivity contribution in [3.05, 3.63) is 41.5 Å². The first-order chi connectivity index (χ1) is 13.2. The van der Waals surface area contributed by atoms with Crippen LogP contribution < -0.4 is 0 Å². The second kappa shape index (κ2) is 9.43. The molecule has 0 fully saturated rings. The first-order valence-corrected chi connectivity index (χ1v) is 11.3. The normalized spacial score (nSPS) is 11.9. The Morgan fingerprint density at radius 2 is 1.79 bits per heavy atom. The summed E-state index contributed by atoms with van der Waals surface area (Å²) < 4.78 is 26.2. The first kappa shape index (κ1) is 22.2. The van der Waals surface area contributed by atoms with Gasteiger partial charge in [0, 0.05) is 6.54 Å². The second-order valence-corrected chi connectivity index (χ2v) is 9.60. The van der Waals surface area contributed by atoms with E-state index >= 15 is 0 Å². The highest BCUT2D eigenvalue weighted by atomic mass is 32.2. The first-order valence-electron chi connectivity index (χ1n) is 9.69. The zero-order chi connectivity index (χ0) is 20.9. The molecule has 5 nitrogen and oxygen atoms in total. The molecule has 28 heavy (non-hydrogen) atoms. The van der Waals surface area contributed by atoms with Crippen LogP contribution in [0.4, 0.5) is 0 Å². The van der Waals surface area contributed by atoms with Gasteiger partial charge in [0.25, 0.3) is 0 Å². The molecule has 154 valence electrons. The summed E-state index contributed by atoms with van der Waals surface area (Å²) in [7, 11) is -0.0899. The molecule has 0 unspecified atom stereocenters. The third-order valence-electron chi connectivity index (χ3n) is 4.79. The van der Waals surface area contributed by atoms with Gasteiger partial charge in [0.05, 0.1) is 11.3 Å². The highest BCUT2D eigenvalue weighted by Gasteiger charge is 2.28. The molecular formula is C22H31NO4S. The van der Waals surface area contributed by atoms with E-state index < -0.39 is 9.84 Å². The van der Waals surface area contributed by atoms with E-state index in [2.05, 4.69) is 6.92 Å². The van der Waals surface area contributed by atoms with Crippen molar-refractivity contribution in [1.29, 1.82) is 0 Å². The smallest absolute Gasteiger partial charge is 0.183 e. The topological polar surface area (TPSA) is 77.8 Å². The average molecular weight is 406 g/mol. The van der Waals surface area contributed by atoms with Crippen LogP contribution in [-0.2, 0) is 16.3 Å². The fraction of sp³-hybridized carbons (Fsp3) is 0.455. The van der Waals surface area contributed by atoms with Gasteiger partial charge in [-0.2, -0.15) is 0 Å². The number of rotatable bonds is 9. The Morgan fingerprint density at radius 3 is 2.39 bits per heavy atom. The average Bonchev–Trinajstić information content (AvgIpc) is 2.60. The van der Waals surface area contributed by atoms with E-state index in [0.717, 1.165) is 24.8 Å². The van der Waals surface area contributed by atoms with Gasteiger partial charge in [-0.05, 0) is 51.1 Å². The summed E-state index contributed by atoms with van der Waals surface area (Å²) in [6, 6.07) is 8.82. The number of sulfone groups is 1. The maximum absolute atomic E-state index is 13.1. The number of phenols is 2. The van der Waals surface area contributed by atoms with Gasteiger partial charge >= 0.3 is 0 Å². The van der Waals surface area contributed by atoms with Crippen molar-refractivity contribution in [2.45, 2.75) is 44.4 Å². The monoisotopic (exact) mass is 405 g/mol. The lowest BCUT2D eigenvalue weighted by atomic mass is 9.97. The van der Waals surface area contributed by atoms with Crippen LogP contribution in [-0.4, -0.2) is 49.9 Å². The van der Waals surface area contributed by atoms with E-state index in [1.165, 1.54) is 6.07 Å². The largest absolute Gasteiger partial charge is 0.507 e. The summed E-state index contributed by atoms with van der Waals surface area (Å²) in [5, 5.41) is 21.6. The van der Waals surface area contributed by atoms with E-state index in [1.807, 2.05) is 39.2 Å². The molecule has 6 heteroatoms. The van der Waals surface area contributed by atoms with Gasteiger partial charge in [0.2, 0.25) is 0 Å². The Labute approximate surface area is 168 Å². The zero-order valence-corrected chi connectivity index (χ0v) is 18.0. The molecule has 0 saturated heterocycles. The molecule has 2 aromatic rings. The van der Waals surface area contributed by atoms with Gasteiger partial charge in [-0.25, -0.2) is 8.42 Å². The highest BCUT2D eigenvalue weighted by molar-refractivity contribution is 7.91. The predicted octanol–water partition coefficient (Wildman–Crippen LogP) is 4.14. The molecule has 2 aromatic carbocycles. The minimum atomic E-state index is -3.71. The SMILES string of the molecule is CCCCCc1cc(O)c(-c2cccc(C)c2)c(O)c1S(=O)(=O)CCN(C)C. The number of unbranched alkanes of at least 4 members (excludes halogenated alkanes) is 2. The van der Waals surface area contributed by atoms with Gasteiger partial charge < -0.3 is 15.1 Å². The van der Waals surface area contributed by atoms with Gasteiger partial charge in [0.15, 0.2) is 9.84 Å². The number of phenolic OH excluding ortho intramolecular Hbond substituents is 2. The Hall–Kier alpha value is -2.05. The van der Waals surface area contributed by atoms with E-state index in [9.17, 15) is 18.6 Å². The summed E-state index contributed by atoms with van der Waals surface area (Å²) in [6.45, 7) is 4.34. The molecule has 0 saturated carbocycles. The Balaban J connectivity index is 2.65. The van der Waals surface area contributed by atoms with Crippen LogP contribution in [0, 0.1) is 6.92 Å². The number of aryl methyl sites for hydroxylation is 2. The minimum absolute atomic E-state index is 0.0419. The van der Waals surface area contributed by atoms with Crippen LogP contribution in [0.25, 0.3) is 11.1 Å². The molecule has 0 aliphatic rings. The molecule has 0 aromatic heterocycles. The van der Waals surface area contributed by atoms with E-state index in [-0.39, 0.29) is 27.7 Å². The second-order valence-electron chi connectivity index (χ2n) is 7.56. The molecule has 0 radical (unpaired) electrons. The Bertz CT molecular complexity index is 920. The number of aromatic hydroxyl groups is 2. The van der Waals surface area contributed by atoms with E-state index in [1.54, 1.807) is 11.0 Å². The summed E-state index contributed by atoms with van der Waals surface area (Å²) in [4.78, 5) is 1.76. The van der Waals surface area contributed by atoms with Crippen molar-refractivity contribution in [2.75, 3.05) is 26.4 Å². The molecule has 0 heterocycles. The molecule has 0 aliphatic heterocycles. The summed E-state index contributed by atoms with van der Waals surface area (Å²) in [6.07, 6.45) is 3.26. The van der Waals surface area contributed by atoms with Crippen molar-refractivity contribution >= 4 is 9.84 Å². The fourth-order valence-electron chi connectivity index (χ4n) is 3.28. The highest BCUT2D eigenvalue weighted by Crippen LogP contribution is 2.44. The van der Waals surface area contributed by atoms with Crippen LogP contribution in [0.1, 0.15) is 37.3 Å². The Morgan fingerprint density at radius 1 is 1.07 bits per heavy atom. The number of benzene rings is 2. The zero-order valence-electron chi connectivity index (χ0n) is 17.2. The maximum atomic E-state index is 13.1. The Kier molecular flexibility index (Phi) is 7.49. The van der Waals surface area contributed by atoms with Crippen molar-refractivity contribution in [3.8, 4) is 22.6 Å². The van der Waals surface area contributed by atoms with Crippen LogP contribution >= 0.6 is 0 Å². The quantitative estimate of drug-likeness (QED) is 0.613. The van der Waals surface area contributed by atoms with E-state index in [0.29, 0.717) is 24.1 Å². The van der Waals surface area contributed by atoms with E-state index in [4.69, 9.17) is 0 Å². The molecule has 2 rings (SSSR count). The summed E-state index contributed by atoms with van der Waals surface area (Å²) >= 11 is 0. The molecule has 0 amide bonds. The van der Waals surface area contributed by atoms with Crippen molar-refractivity contribution in [2.24, 2.45) is 0 Å². The lowest BCUT2D eigenvalue weighted by Gasteiger charge is -2.18. The molecule has 0 atom stereocenters. The van der Waals surface area contributed by atoms with Crippen molar-refractivity contribution < 1.29 is 18.6 Å². The van der Waals surface area contributed by atoms with Crippen LogP contribution in [0.2, 0.25) is 0 Å². The third-order valence-corrected chi connectivity index (χ3v) is 6.58. The summed E-state index contributed by atoms with van der Waals surface area (Å²) in [5.41, 5.74) is 2.21. The number of nitrogens with zero attached hydrogens (tertiary/aromatic N) is 1. The van der Waals surface area contributed by atoms with Crippen LogP contribution in [0.5, 0.6) is 11.5 Å².